The van der Waals surface area contributed by atoms with Crippen molar-refractivity contribution in [2.75, 3.05) is 14.1 Å². The maximum atomic E-state index is 12.1. The number of imidazole rings is 1. The summed E-state index contributed by atoms with van der Waals surface area (Å²) in [5.74, 6) is 0.891. The molecule has 3 rings (SSSR count). The highest BCUT2D eigenvalue weighted by Crippen LogP contribution is 2.11. The summed E-state index contributed by atoms with van der Waals surface area (Å²) in [7, 11) is 4.10. The monoisotopic (exact) mass is 336 g/mol. The number of nitrogens with one attached hydrogen (secondary N) is 2. The van der Waals surface area contributed by atoms with E-state index in [-0.39, 0.29) is 5.91 Å². The lowest BCUT2D eigenvalue weighted by molar-refractivity contribution is -0.121. The molecule has 1 aromatic heterocycles. The molecule has 0 fully saturated rings. The molecule has 5 heteroatoms. The number of aryl methyl sites for hydroxylation is 1. The van der Waals surface area contributed by atoms with Crippen molar-refractivity contribution in [3.8, 4) is 0 Å². The van der Waals surface area contributed by atoms with Gasteiger partial charge in [0.15, 0.2) is 0 Å². The fourth-order valence-electron chi connectivity index (χ4n) is 2.77. The standard InChI is InChI=1S/C20H24N4O/c1-24(2)14-16-9-7-15(8-10-16)13-21-20(25)12-11-19-22-17-5-3-4-6-18(17)23-19/h3-10H,11-14H2,1-2H3,(H,21,25)(H,22,23). The lowest BCUT2D eigenvalue weighted by Crippen LogP contribution is -2.23. The predicted molar refractivity (Wildman–Crippen MR) is 100 cm³/mol. The number of aromatic amines is 1. The van der Waals surface area contributed by atoms with E-state index in [4.69, 9.17) is 0 Å². The van der Waals surface area contributed by atoms with Gasteiger partial charge in [0.05, 0.1) is 11.0 Å². The first-order valence-electron chi connectivity index (χ1n) is 8.53. The van der Waals surface area contributed by atoms with Crippen molar-refractivity contribution in [2.45, 2.75) is 25.9 Å². The number of hydrogen-bond donors (Lipinski definition) is 2. The molecule has 25 heavy (non-hydrogen) atoms. The number of benzene rings is 2. The molecular formula is C20H24N4O. The highest BCUT2D eigenvalue weighted by molar-refractivity contribution is 5.77. The minimum absolute atomic E-state index is 0.0397. The van der Waals surface area contributed by atoms with Gasteiger partial charge in [-0.25, -0.2) is 4.98 Å². The summed E-state index contributed by atoms with van der Waals surface area (Å²) in [6.45, 7) is 1.48. The van der Waals surface area contributed by atoms with Crippen LogP contribution < -0.4 is 5.32 Å². The SMILES string of the molecule is CN(C)Cc1ccc(CNC(=O)CCc2nc3ccccc3[nH]2)cc1. The lowest BCUT2D eigenvalue weighted by atomic mass is 10.1. The third-order valence-corrected chi connectivity index (χ3v) is 4.04. The minimum Gasteiger partial charge on any atom is -0.352 e. The summed E-state index contributed by atoms with van der Waals surface area (Å²) < 4.78 is 0. The molecule has 1 amide bonds. The second-order valence-electron chi connectivity index (χ2n) is 6.53. The predicted octanol–water partition coefficient (Wildman–Crippen LogP) is 2.87. The Kier molecular flexibility index (Phi) is 5.46. The van der Waals surface area contributed by atoms with Crippen LogP contribution in [0.25, 0.3) is 11.0 Å². The van der Waals surface area contributed by atoms with Gasteiger partial charge in [-0.15, -0.1) is 0 Å². The number of aromatic nitrogens is 2. The molecule has 0 spiro atoms. The second kappa shape index (κ2) is 7.94. The van der Waals surface area contributed by atoms with Gasteiger partial charge in [-0.1, -0.05) is 36.4 Å². The van der Waals surface area contributed by atoms with Gasteiger partial charge in [0.2, 0.25) is 5.91 Å². The van der Waals surface area contributed by atoms with Crippen molar-refractivity contribution in [3.05, 3.63) is 65.5 Å². The van der Waals surface area contributed by atoms with E-state index in [9.17, 15) is 4.79 Å². The topological polar surface area (TPSA) is 61.0 Å². The zero-order valence-electron chi connectivity index (χ0n) is 14.7. The van der Waals surface area contributed by atoms with Crippen molar-refractivity contribution in [2.24, 2.45) is 0 Å². The van der Waals surface area contributed by atoms with Crippen LogP contribution in [0.3, 0.4) is 0 Å². The van der Waals surface area contributed by atoms with Crippen LogP contribution in [0.2, 0.25) is 0 Å². The van der Waals surface area contributed by atoms with Crippen LogP contribution in [0.4, 0.5) is 0 Å². The molecule has 3 aromatic rings. The first kappa shape index (κ1) is 17.2. The Morgan fingerprint density at radius 3 is 2.52 bits per heavy atom. The van der Waals surface area contributed by atoms with Gasteiger partial charge >= 0.3 is 0 Å². The molecule has 0 aliphatic rings. The number of rotatable bonds is 7. The van der Waals surface area contributed by atoms with Crippen molar-refractivity contribution in [1.82, 2.24) is 20.2 Å². The molecule has 0 aliphatic carbocycles. The Labute approximate surface area is 148 Å². The van der Waals surface area contributed by atoms with E-state index in [0.29, 0.717) is 19.4 Å². The number of amides is 1. The van der Waals surface area contributed by atoms with Gasteiger partial charge in [0.25, 0.3) is 0 Å². The van der Waals surface area contributed by atoms with Gasteiger partial charge in [-0.3, -0.25) is 4.79 Å². The van der Waals surface area contributed by atoms with Crippen LogP contribution in [0.1, 0.15) is 23.4 Å². The second-order valence-corrected chi connectivity index (χ2v) is 6.53. The summed E-state index contributed by atoms with van der Waals surface area (Å²) in [4.78, 5) is 21.9. The number of carbonyl (C=O) groups excluding carboxylic acids is 1. The summed E-state index contributed by atoms with van der Waals surface area (Å²) >= 11 is 0. The molecule has 0 atom stereocenters. The normalized spacial score (nSPS) is 11.2. The maximum Gasteiger partial charge on any atom is 0.220 e. The molecule has 0 saturated carbocycles. The van der Waals surface area contributed by atoms with E-state index in [1.807, 2.05) is 24.3 Å². The number of hydrogen-bond acceptors (Lipinski definition) is 3. The van der Waals surface area contributed by atoms with Crippen LogP contribution >= 0.6 is 0 Å². The Bertz CT molecular complexity index is 803. The van der Waals surface area contributed by atoms with Gasteiger partial charge in [-0.05, 0) is 37.4 Å². The van der Waals surface area contributed by atoms with Gasteiger partial charge in [-0.2, -0.15) is 0 Å². The smallest absolute Gasteiger partial charge is 0.220 e. The molecule has 0 unspecified atom stereocenters. The number of carbonyl (C=O) groups is 1. The third-order valence-electron chi connectivity index (χ3n) is 4.04. The average Bonchev–Trinajstić information content (AvgIpc) is 3.02. The molecule has 1 heterocycles. The molecule has 0 radical (unpaired) electrons. The quantitative estimate of drug-likeness (QED) is 0.697. The van der Waals surface area contributed by atoms with Crippen LogP contribution in [-0.4, -0.2) is 34.9 Å². The highest BCUT2D eigenvalue weighted by atomic mass is 16.1. The zero-order valence-corrected chi connectivity index (χ0v) is 14.7. The van der Waals surface area contributed by atoms with E-state index >= 15 is 0 Å². The third kappa shape index (κ3) is 4.90. The Morgan fingerprint density at radius 2 is 1.80 bits per heavy atom. The van der Waals surface area contributed by atoms with E-state index in [0.717, 1.165) is 29.0 Å². The molecular weight excluding hydrogens is 312 g/mol. The van der Waals surface area contributed by atoms with Gasteiger partial charge < -0.3 is 15.2 Å². The van der Waals surface area contributed by atoms with Crippen LogP contribution in [0.5, 0.6) is 0 Å². The molecule has 0 aliphatic heterocycles. The Morgan fingerprint density at radius 1 is 1.08 bits per heavy atom. The molecule has 2 aromatic carbocycles. The molecule has 5 nitrogen and oxygen atoms in total. The van der Waals surface area contributed by atoms with E-state index < -0.39 is 0 Å². The summed E-state index contributed by atoms with van der Waals surface area (Å²) in [6.07, 6.45) is 1.04. The van der Waals surface area contributed by atoms with E-state index in [1.54, 1.807) is 0 Å². The fraction of sp³-hybridized carbons (Fsp3) is 0.300. The molecule has 0 bridgehead atoms. The summed E-state index contributed by atoms with van der Waals surface area (Å²) in [5, 5.41) is 2.97. The number of nitrogens with zero attached hydrogens (tertiary/aromatic N) is 2. The van der Waals surface area contributed by atoms with Crippen LogP contribution in [-0.2, 0) is 24.3 Å². The van der Waals surface area contributed by atoms with Crippen molar-refractivity contribution in [3.63, 3.8) is 0 Å². The van der Waals surface area contributed by atoms with Crippen molar-refractivity contribution >= 4 is 16.9 Å². The minimum atomic E-state index is 0.0397. The van der Waals surface area contributed by atoms with E-state index in [1.165, 1.54) is 5.56 Å². The largest absolute Gasteiger partial charge is 0.352 e. The maximum absolute atomic E-state index is 12.1. The number of para-hydroxylation sites is 2. The Balaban J connectivity index is 1.46. The van der Waals surface area contributed by atoms with Crippen molar-refractivity contribution in [1.29, 1.82) is 0 Å². The number of H-pyrrole nitrogens is 1. The van der Waals surface area contributed by atoms with Crippen LogP contribution in [0.15, 0.2) is 48.5 Å². The first-order valence-corrected chi connectivity index (χ1v) is 8.53. The number of fused-ring (bicyclic) bond motifs is 1. The summed E-state index contributed by atoms with van der Waals surface area (Å²) in [5.41, 5.74) is 4.33. The molecule has 2 N–H and O–H groups in total. The zero-order chi connectivity index (χ0) is 17.6. The summed E-state index contributed by atoms with van der Waals surface area (Å²) in [6, 6.07) is 16.2. The lowest BCUT2D eigenvalue weighted by Gasteiger charge is -2.10. The highest BCUT2D eigenvalue weighted by Gasteiger charge is 2.06. The van der Waals surface area contributed by atoms with Crippen molar-refractivity contribution < 1.29 is 4.79 Å². The Hall–Kier alpha value is -2.66. The fourth-order valence-corrected chi connectivity index (χ4v) is 2.77. The first-order chi connectivity index (χ1) is 12.1. The molecule has 0 saturated heterocycles. The van der Waals surface area contributed by atoms with Gasteiger partial charge in [0.1, 0.15) is 5.82 Å². The van der Waals surface area contributed by atoms with Gasteiger partial charge in [0, 0.05) is 25.9 Å². The average molecular weight is 336 g/mol. The van der Waals surface area contributed by atoms with E-state index in [2.05, 4.69) is 58.5 Å². The molecule has 130 valence electrons. The van der Waals surface area contributed by atoms with Crippen LogP contribution in [0, 0.1) is 0 Å².